The topological polar surface area (TPSA) is 43.9 Å². The number of hydrogen-bond donors (Lipinski definition) is 0. The highest BCUT2D eigenvalue weighted by molar-refractivity contribution is 6.20. The van der Waals surface area contributed by atoms with E-state index in [1.165, 1.54) is 0 Å². The molecule has 3 aromatic rings. The molecular formula is C14H14ClN3O. The van der Waals surface area contributed by atoms with Crippen LogP contribution in [0.1, 0.15) is 23.9 Å². The highest BCUT2D eigenvalue weighted by atomic mass is 35.5. The lowest BCUT2D eigenvalue weighted by Crippen LogP contribution is -2.06. The second-order valence-corrected chi connectivity index (χ2v) is 5.09. The van der Waals surface area contributed by atoms with E-state index in [1.54, 1.807) is 18.7 Å². The molecule has 3 aromatic heterocycles. The smallest absolute Gasteiger partial charge is 0.127 e. The molecule has 3 rings (SSSR count). The van der Waals surface area contributed by atoms with E-state index in [9.17, 15) is 0 Å². The molecule has 3 heterocycles. The highest BCUT2D eigenvalue weighted by Crippen LogP contribution is 2.24. The Balaban J connectivity index is 1.97. The normalized spacial score (nSPS) is 12.9. The number of pyridine rings is 1. The van der Waals surface area contributed by atoms with E-state index < -0.39 is 0 Å². The summed E-state index contributed by atoms with van der Waals surface area (Å²) in [5.41, 5.74) is 1.94. The van der Waals surface area contributed by atoms with Crippen LogP contribution in [0.25, 0.3) is 11.0 Å². The molecule has 1 atom stereocenters. The van der Waals surface area contributed by atoms with Crippen LogP contribution in [-0.2, 0) is 13.0 Å². The number of rotatable bonds is 4. The number of fused-ring (bicyclic) bond motifs is 1. The largest absolute Gasteiger partial charge is 0.469 e. The van der Waals surface area contributed by atoms with Gasteiger partial charge in [0.05, 0.1) is 23.4 Å². The molecule has 0 aliphatic carbocycles. The Morgan fingerprint density at radius 2 is 2.32 bits per heavy atom. The summed E-state index contributed by atoms with van der Waals surface area (Å²) in [6.45, 7) is 2.72. The van der Waals surface area contributed by atoms with Crippen LogP contribution in [-0.4, -0.2) is 14.5 Å². The van der Waals surface area contributed by atoms with E-state index in [0.717, 1.165) is 35.6 Å². The summed E-state index contributed by atoms with van der Waals surface area (Å²) >= 11 is 6.21. The van der Waals surface area contributed by atoms with Gasteiger partial charge in [0.1, 0.15) is 17.1 Å². The molecule has 0 fully saturated rings. The molecule has 0 bridgehead atoms. The van der Waals surface area contributed by atoms with E-state index in [4.69, 9.17) is 16.0 Å². The number of furan rings is 1. The maximum Gasteiger partial charge on any atom is 0.127 e. The Morgan fingerprint density at radius 1 is 1.42 bits per heavy atom. The average Bonchev–Trinajstić information content (AvgIpc) is 3.03. The number of imidazole rings is 1. The maximum atomic E-state index is 6.21. The zero-order chi connectivity index (χ0) is 13.2. The maximum absolute atomic E-state index is 6.21. The molecule has 4 nitrogen and oxygen atoms in total. The summed E-state index contributed by atoms with van der Waals surface area (Å²) in [5, 5.41) is -0.135. The van der Waals surface area contributed by atoms with Crippen molar-refractivity contribution in [3.63, 3.8) is 0 Å². The Labute approximate surface area is 116 Å². The van der Waals surface area contributed by atoms with Gasteiger partial charge >= 0.3 is 0 Å². The minimum atomic E-state index is -0.135. The Kier molecular flexibility index (Phi) is 3.25. The molecule has 1 unspecified atom stereocenters. The van der Waals surface area contributed by atoms with Crippen molar-refractivity contribution >= 4 is 22.6 Å². The molecule has 0 radical (unpaired) electrons. The Bertz CT molecular complexity index is 673. The number of halogens is 1. The minimum absolute atomic E-state index is 0.135. The van der Waals surface area contributed by atoms with Gasteiger partial charge in [-0.15, -0.1) is 11.6 Å². The van der Waals surface area contributed by atoms with Crippen molar-refractivity contribution in [1.82, 2.24) is 14.5 Å². The fraction of sp³-hybridized carbons (Fsp3) is 0.286. The van der Waals surface area contributed by atoms with Gasteiger partial charge in [-0.2, -0.15) is 0 Å². The molecular weight excluding hydrogens is 262 g/mol. The molecule has 5 heteroatoms. The fourth-order valence-electron chi connectivity index (χ4n) is 2.22. The van der Waals surface area contributed by atoms with Crippen molar-refractivity contribution in [3.05, 3.63) is 48.4 Å². The third-order valence-electron chi connectivity index (χ3n) is 3.10. The Morgan fingerprint density at radius 3 is 3.05 bits per heavy atom. The standard InChI is InChI=1S/C14H14ClN3O/c1-10(15)14-17-12-9-16-6-4-13(12)18(14)7-5-11-3-2-8-19-11/h2-4,6,8-10H,5,7H2,1H3. The fourth-order valence-corrected chi connectivity index (χ4v) is 2.38. The molecule has 0 spiro atoms. The van der Waals surface area contributed by atoms with Crippen LogP contribution in [0.3, 0.4) is 0 Å². The molecule has 0 saturated heterocycles. The minimum Gasteiger partial charge on any atom is -0.469 e. The van der Waals surface area contributed by atoms with Crippen molar-refractivity contribution < 1.29 is 4.42 Å². The molecule has 0 aliphatic rings. The van der Waals surface area contributed by atoms with Gasteiger partial charge in [0.2, 0.25) is 0 Å². The van der Waals surface area contributed by atoms with Gasteiger partial charge in [-0.3, -0.25) is 4.98 Å². The van der Waals surface area contributed by atoms with Gasteiger partial charge in [-0.1, -0.05) is 0 Å². The van der Waals surface area contributed by atoms with Crippen LogP contribution in [0.5, 0.6) is 0 Å². The Hall–Kier alpha value is -1.81. The van der Waals surface area contributed by atoms with Gasteiger partial charge in [-0.25, -0.2) is 4.98 Å². The van der Waals surface area contributed by atoms with Gasteiger partial charge < -0.3 is 8.98 Å². The molecule has 98 valence electrons. The van der Waals surface area contributed by atoms with Crippen LogP contribution in [0.2, 0.25) is 0 Å². The van der Waals surface area contributed by atoms with E-state index >= 15 is 0 Å². The first-order valence-corrected chi connectivity index (χ1v) is 6.66. The van der Waals surface area contributed by atoms with Crippen LogP contribution in [0.4, 0.5) is 0 Å². The number of hydrogen-bond acceptors (Lipinski definition) is 3. The summed E-state index contributed by atoms with van der Waals surface area (Å²) in [7, 11) is 0. The van der Waals surface area contributed by atoms with E-state index in [0.29, 0.717) is 0 Å². The third-order valence-corrected chi connectivity index (χ3v) is 3.29. The lowest BCUT2D eigenvalue weighted by molar-refractivity contribution is 0.490. The van der Waals surface area contributed by atoms with E-state index in [2.05, 4.69) is 14.5 Å². The zero-order valence-corrected chi connectivity index (χ0v) is 11.3. The number of nitrogens with zero attached hydrogens (tertiary/aromatic N) is 3. The van der Waals surface area contributed by atoms with E-state index in [1.807, 2.05) is 25.1 Å². The number of aryl methyl sites for hydroxylation is 2. The predicted octanol–water partition coefficient (Wildman–Crippen LogP) is 3.57. The zero-order valence-electron chi connectivity index (χ0n) is 10.6. The second kappa shape index (κ2) is 5.05. The third kappa shape index (κ3) is 2.36. The summed E-state index contributed by atoms with van der Waals surface area (Å²) in [4.78, 5) is 8.65. The van der Waals surface area contributed by atoms with Crippen LogP contribution in [0, 0.1) is 0 Å². The predicted molar refractivity (Wildman–Crippen MR) is 74.2 cm³/mol. The quantitative estimate of drug-likeness (QED) is 0.684. The number of alkyl halides is 1. The van der Waals surface area contributed by atoms with Gasteiger partial charge in [-0.05, 0) is 25.1 Å². The first-order chi connectivity index (χ1) is 9.25. The molecule has 0 N–H and O–H groups in total. The van der Waals surface area contributed by atoms with Crippen LogP contribution in [0.15, 0.2) is 41.3 Å². The molecule has 0 amide bonds. The summed E-state index contributed by atoms with van der Waals surface area (Å²) in [6.07, 6.45) is 6.05. The van der Waals surface area contributed by atoms with Crippen LogP contribution < -0.4 is 0 Å². The van der Waals surface area contributed by atoms with Crippen molar-refractivity contribution in [3.8, 4) is 0 Å². The van der Waals surface area contributed by atoms with Crippen LogP contribution >= 0.6 is 11.6 Å². The van der Waals surface area contributed by atoms with Gasteiger partial charge in [0, 0.05) is 19.2 Å². The van der Waals surface area contributed by atoms with Gasteiger partial charge in [0.15, 0.2) is 0 Å². The summed E-state index contributed by atoms with van der Waals surface area (Å²) < 4.78 is 7.50. The SMILES string of the molecule is CC(Cl)c1nc2cnccc2n1CCc1ccco1. The first kappa shape index (κ1) is 12.2. The number of aromatic nitrogens is 3. The lowest BCUT2D eigenvalue weighted by atomic mass is 10.3. The van der Waals surface area contributed by atoms with Gasteiger partial charge in [0.25, 0.3) is 0 Å². The summed E-state index contributed by atoms with van der Waals surface area (Å²) in [6, 6.07) is 5.84. The van der Waals surface area contributed by atoms with Crippen molar-refractivity contribution in [2.45, 2.75) is 25.3 Å². The molecule has 0 saturated carbocycles. The molecule has 0 aromatic carbocycles. The highest BCUT2D eigenvalue weighted by Gasteiger charge is 2.14. The lowest BCUT2D eigenvalue weighted by Gasteiger charge is -2.09. The van der Waals surface area contributed by atoms with Crippen molar-refractivity contribution in [2.75, 3.05) is 0 Å². The monoisotopic (exact) mass is 275 g/mol. The first-order valence-electron chi connectivity index (χ1n) is 6.22. The molecule has 0 aliphatic heterocycles. The van der Waals surface area contributed by atoms with Crippen molar-refractivity contribution in [2.24, 2.45) is 0 Å². The van der Waals surface area contributed by atoms with Crippen molar-refractivity contribution in [1.29, 1.82) is 0 Å². The second-order valence-electron chi connectivity index (χ2n) is 4.43. The average molecular weight is 276 g/mol. The molecule has 19 heavy (non-hydrogen) atoms. The summed E-state index contributed by atoms with van der Waals surface area (Å²) in [5.74, 6) is 1.83. The van der Waals surface area contributed by atoms with E-state index in [-0.39, 0.29) is 5.38 Å².